The Labute approximate surface area is 101 Å². The minimum atomic E-state index is -0.410. The first kappa shape index (κ1) is 12.2. The molecule has 0 spiro atoms. The van der Waals surface area contributed by atoms with Gasteiger partial charge in [-0.3, -0.25) is 4.79 Å². The summed E-state index contributed by atoms with van der Waals surface area (Å²) in [6.45, 7) is 6.24. The highest BCUT2D eigenvalue weighted by atomic mass is 16.3. The van der Waals surface area contributed by atoms with Gasteiger partial charge in [0.25, 0.3) is 0 Å². The maximum absolute atomic E-state index is 12.1. The summed E-state index contributed by atoms with van der Waals surface area (Å²) in [5.74, 6) is 1.51. The van der Waals surface area contributed by atoms with E-state index in [4.69, 9.17) is 4.42 Å². The molecule has 1 N–H and O–H groups in total. The average molecular weight is 237 g/mol. The fourth-order valence-corrected chi connectivity index (χ4v) is 2.47. The maximum atomic E-state index is 12.1. The summed E-state index contributed by atoms with van der Waals surface area (Å²) in [4.78, 5) is 13.9. The second-order valence-electron chi connectivity index (χ2n) is 5.36. The number of nitrogens with zero attached hydrogens (tertiary/aromatic N) is 1. The van der Waals surface area contributed by atoms with Gasteiger partial charge in [-0.1, -0.05) is 0 Å². The number of aliphatic hydroxyl groups is 1. The Balaban J connectivity index is 2.05. The van der Waals surface area contributed by atoms with Gasteiger partial charge in [-0.05, 0) is 39.3 Å². The molecule has 1 aliphatic rings. The van der Waals surface area contributed by atoms with E-state index < -0.39 is 6.10 Å². The summed E-state index contributed by atoms with van der Waals surface area (Å²) in [5, 5.41) is 9.64. The first-order chi connectivity index (χ1) is 7.88. The third-order valence-electron chi connectivity index (χ3n) is 3.28. The van der Waals surface area contributed by atoms with Gasteiger partial charge in [-0.15, -0.1) is 0 Å². The van der Waals surface area contributed by atoms with Gasteiger partial charge in [0.2, 0.25) is 5.91 Å². The Kier molecular flexibility index (Phi) is 3.00. The van der Waals surface area contributed by atoms with Crippen LogP contribution in [0.4, 0.5) is 0 Å². The Hall–Kier alpha value is -1.29. The first-order valence-electron chi connectivity index (χ1n) is 5.92. The van der Waals surface area contributed by atoms with Crippen LogP contribution in [0, 0.1) is 6.92 Å². The number of aryl methyl sites for hydroxylation is 1. The molecule has 1 aliphatic heterocycles. The number of carbonyl (C=O) groups excluding carboxylic acids is 1. The smallest absolute Gasteiger partial charge is 0.230 e. The molecule has 0 aliphatic carbocycles. The summed E-state index contributed by atoms with van der Waals surface area (Å²) in [5.41, 5.74) is -0.266. The van der Waals surface area contributed by atoms with Gasteiger partial charge in [-0.2, -0.15) is 0 Å². The van der Waals surface area contributed by atoms with Crippen molar-refractivity contribution in [3.8, 4) is 0 Å². The van der Waals surface area contributed by atoms with Crippen molar-refractivity contribution in [2.75, 3.05) is 6.54 Å². The Morgan fingerprint density at radius 3 is 2.76 bits per heavy atom. The van der Waals surface area contributed by atoms with E-state index in [0.717, 1.165) is 5.76 Å². The van der Waals surface area contributed by atoms with Crippen LogP contribution in [0.25, 0.3) is 0 Å². The first-order valence-corrected chi connectivity index (χ1v) is 5.92. The molecule has 1 aromatic rings. The number of carbonyl (C=O) groups is 1. The Bertz CT molecular complexity index is 422. The molecule has 94 valence electrons. The van der Waals surface area contributed by atoms with Crippen LogP contribution in [0.15, 0.2) is 16.5 Å². The van der Waals surface area contributed by atoms with Gasteiger partial charge in [0.15, 0.2) is 0 Å². The van der Waals surface area contributed by atoms with Crippen LogP contribution >= 0.6 is 0 Å². The molecular formula is C13H19NO3. The molecule has 1 amide bonds. The van der Waals surface area contributed by atoms with Crippen LogP contribution in [0.1, 0.15) is 31.8 Å². The van der Waals surface area contributed by atoms with Gasteiger partial charge in [0.05, 0.1) is 12.5 Å². The van der Waals surface area contributed by atoms with E-state index in [0.29, 0.717) is 18.7 Å². The molecule has 1 atom stereocenters. The predicted molar refractivity (Wildman–Crippen MR) is 63.6 cm³/mol. The molecule has 17 heavy (non-hydrogen) atoms. The lowest BCUT2D eigenvalue weighted by Gasteiger charge is -2.31. The van der Waals surface area contributed by atoms with Gasteiger partial charge in [-0.25, -0.2) is 0 Å². The van der Waals surface area contributed by atoms with Crippen LogP contribution in [-0.4, -0.2) is 34.1 Å². The zero-order chi connectivity index (χ0) is 12.6. The van der Waals surface area contributed by atoms with Crippen molar-refractivity contribution in [2.24, 2.45) is 0 Å². The van der Waals surface area contributed by atoms with E-state index in [9.17, 15) is 9.90 Å². The Morgan fingerprint density at radius 2 is 2.29 bits per heavy atom. The fraction of sp³-hybridized carbons (Fsp3) is 0.615. The summed E-state index contributed by atoms with van der Waals surface area (Å²) in [6, 6.07) is 3.68. The summed E-state index contributed by atoms with van der Waals surface area (Å²) < 4.78 is 5.40. The molecule has 1 fully saturated rings. The van der Waals surface area contributed by atoms with E-state index in [1.807, 2.05) is 32.9 Å². The number of furan rings is 1. The SMILES string of the molecule is Cc1ccc(CC(=O)N2CC(O)CC2(C)C)o1. The molecule has 0 radical (unpaired) electrons. The lowest BCUT2D eigenvalue weighted by Crippen LogP contribution is -2.43. The molecular weight excluding hydrogens is 218 g/mol. The zero-order valence-corrected chi connectivity index (χ0v) is 10.6. The van der Waals surface area contributed by atoms with E-state index >= 15 is 0 Å². The number of β-amino-alcohol motifs (C(OH)–C–C–N with tert-alkyl or cyclic N) is 1. The van der Waals surface area contributed by atoms with Gasteiger partial charge >= 0.3 is 0 Å². The highest BCUT2D eigenvalue weighted by Gasteiger charge is 2.40. The van der Waals surface area contributed by atoms with Crippen molar-refractivity contribution >= 4 is 5.91 Å². The highest BCUT2D eigenvalue weighted by molar-refractivity contribution is 5.79. The monoisotopic (exact) mass is 237 g/mol. The number of hydrogen-bond acceptors (Lipinski definition) is 3. The standard InChI is InChI=1S/C13H19NO3/c1-9-4-5-11(17-9)6-12(16)14-8-10(15)7-13(14,2)3/h4-5,10,15H,6-8H2,1-3H3. The van der Waals surface area contributed by atoms with Crippen LogP contribution in [-0.2, 0) is 11.2 Å². The largest absolute Gasteiger partial charge is 0.466 e. The number of hydrogen-bond donors (Lipinski definition) is 1. The average Bonchev–Trinajstić information content (AvgIpc) is 2.69. The number of amides is 1. The highest BCUT2D eigenvalue weighted by Crippen LogP contribution is 2.29. The summed E-state index contributed by atoms with van der Waals surface area (Å²) in [6.07, 6.45) is 0.493. The van der Waals surface area contributed by atoms with Crippen molar-refractivity contribution in [1.82, 2.24) is 4.90 Å². The number of rotatable bonds is 2. The summed E-state index contributed by atoms with van der Waals surface area (Å²) in [7, 11) is 0. The minimum absolute atomic E-state index is 0.0147. The number of aliphatic hydroxyl groups excluding tert-OH is 1. The van der Waals surface area contributed by atoms with E-state index in [1.165, 1.54) is 0 Å². The molecule has 1 unspecified atom stereocenters. The fourth-order valence-electron chi connectivity index (χ4n) is 2.47. The molecule has 0 bridgehead atoms. The molecule has 0 saturated carbocycles. The quantitative estimate of drug-likeness (QED) is 0.848. The third-order valence-corrected chi connectivity index (χ3v) is 3.28. The van der Waals surface area contributed by atoms with E-state index in [1.54, 1.807) is 4.90 Å². The molecule has 4 nitrogen and oxygen atoms in total. The normalized spacial score (nSPS) is 23.1. The molecule has 0 aromatic carbocycles. The Morgan fingerprint density at radius 1 is 1.59 bits per heavy atom. The second-order valence-corrected chi connectivity index (χ2v) is 5.36. The van der Waals surface area contributed by atoms with Crippen LogP contribution in [0.3, 0.4) is 0 Å². The van der Waals surface area contributed by atoms with Crippen molar-refractivity contribution in [2.45, 2.75) is 45.3 Å². The van der Waals surface area contributed by atoms with Gasteiger partial charge < -0.3 is 14.4 Å². The van der Waals surface area contributed by atoms with Crippen molar-refractivity contribution in [3.05, 3.63) is 23.7 Å². The molecule has 2 heterocycles. The van der Waals surface area contributed by atoms with E-state index in [-0.39, 0.29) is 17.9 Å². The van der Waals surface area contributed by atoms with E-state index in [2.05, 4.69) is 0 Å². The van der Waals surface area contributed by atoms with Crippen LogP contribution in [0.2, 0.25) is 0 Å². The second kappa shape index (κ2) is 4.18. The van der Waals surface area contributed by atoms with Crippen molar-refractivity contribution in [3.63, 3.8) is 0 Å². The minimum Gasteiger partial charge on any atom is -0.466 e. The number of likely N-dealkylation sites (tertiary alicyclic amines) is 1. The predicted octanol–water partition coefficient (Wildman–Crippen LogP) is 1.50. The van der Waals surface area contributed by atoms with Crippen molar-refractivity contribution in [1.29, 1.82) is 0 Å². The zero-order valence-electron chi connectivity index (χ0n) is 10.6. The molecule has 1 aromatic heterocycles. The lowest BCUT2D eigenvalue weighted by atomic mass is 10.0. The maximum Gasteiger partial charge on any atom is 0.230 e. The molecule has 1 saturated heterocycles. The van der Waals surface area contributed by atoms with Gasteiger partial charge in [0.1, 0.15) is 11.5 Å². The topological polar surface area (TPSA) is 53.7 Å². The van der Waals surface area contributed by atoms with Crippen LogP contribution in [0.5, 0.6) is 0 Å². The van der Waals surface area contributed by atoms with Crippen molar-refractivity contribution < 1.29 is 14.3 Å². The summed E-state index contributed by atoms with van der Waals surface area (Å²) >= 11 is 0. The molecule has 2 rings (SSSR count). The molecule has 4 heteroatoms. The van der Waals surface area contributed by atoms with Gasteiger partial charge in [0, 0.05) is 12.1 Å². The lowest BCUT2D eigenvalue weighted by molar-refractivity contribution is -0.134. The third kappa shape index (κ3) is 2.52. The van der Waals surface area contributed by atoms with Crippen LogP contribution < -0.4 is 0 Å².